The van der Waals surface area contributed by atoms with Crippen LogP contribution in [-0.2, 0) is 0 Å². The molecule has 8 heteroatoms. The molecule has 164 valence electrons. The van der Waals surface area contributed by atoms with Gasteiger partial charge in [-0.15, -0.1) is 0 Å². The first-order valence-electron chi connectivity index (χ1n) is 10.8. The molecule has 1 saturated heterocycles. The maximum atomic E-state index is 14.2. The Morgan fingerprint density at radius 3 is 2.44 bits per heavy atom. The molecule has 0 atom stereocenters. The fourth-order valence-electron chi connectivity index (χ4n) is 4.32. The van der Waals surface area contributed by atoms with E-state index in [1.807, 2.05) is 18.2 Å². The third kappa shape index (κ3) is 3.36. The Balaban J connectivity index is 1.65. The van der Waals surface area contributed by atoms with Crippen molar-refractivity contribution in [2.45, 2.75) is 19.9 Å². The molecule has 3 aliphatic heterocycles. The van der Waals surface area contributed by atoms with E-state index in [2.05, 4.69) is 23.8 Å². The van der Waals surface area contributed by atoms with Gasteiger partial charge >= 0.3 is 6.03 Å². The van der Waals surface area contributed by atoms with E-state index in [-0.39, 0.29) is 17.2 Å². The van der Waals surface area contributed by atoms with E-state index in [0.29, 0.717) is 41.4 Å². The number of carbonyl (C=O) groups excluding carboxylic acids is 1. The molecule has 0 saturated carbocycles. The van der Waals surface area contributed by atoms with Gasteiger partial charge in [0, 0.05) is 43.8 Å². The summed E-state index contributed by atoms with van der Waals surface area (Å²) in [6.07, 6.45) is 1.54. The zero-order valence-electron chi connectivity index (χ0n) is 18.0. The number of rotatable bonds is 2. The van der Waals surface area contributed by atoms with Crippen molar-refractivity contribution in [3.05, 3.63) is 70.9 Å². The van der Waals surface area contributed by atoms with Crippen LogP contribution in [0.15, 0.2) is 59.5 Å². The topological polar surface area (TPSA) is 63.4 Å². The molecule has 5 rings (SSSR count). The van der Waals surface area contributed by atoms with Gasteiger partial charge < -0.3 is 4.90 Å². The highest BCUT2D eigenvalue weighted by atomic mass is 19.1. The molecule has 32 heavy (non-hydrogen) atoms. The molecule has 0 unspecified atom stereocenters. The summed E-state index contributed by atoms with van der Waals surface area (Å²) in [5, 5.41) is 4.92. The molecule has 7 nitrogen and oxygen atoms in total. The third-order valence-corrected chi connectivity index (χ3v) is 6.13. The lowest BCUT2D eigenvalue weighted by Gasteiger charge is -2.37. The van der Waals surface area contributed by atoms with Gasteiger partial charge in [0.05, 0.1) is 16.8 Å². The van der Waals surface area contributed by atoms with Crippen LogP contribution in [0.3, 0.4) is 0 Å². The highest BCUT2D eigenvalue weighted by molar-refractivity contribution is 5.99. The van der Waals surface area contributed by atoms with E-state index in [1.54, 1.807) is 29.3 Å². The van der Waals surface area contributed by atoms with E-state index in [4.69, 9.17) is 0 Å². The van der Waals surface area contributed by atoms with Crippen molar-refractivity contribution >= 4 is 16.9 Å². The average molecular weight is 433 g/mol. The van der Waals surface area contributed by atoms with Gasteiger partial charge in [0.15, 0.2) is 0 Å². The monoisotopic (exact) mass is 433 g/mol. The first-order chi connectivity index (χ1) is 15.4. The lowest BCUT2D eigenvalue weighted by molar-refractivity contribution is 0.120. The maximum absolute atomic E-state index is 14.2. The highest BCUT2D eigenvalue weighted by Crippen LogP contribution is 2.29. The van der Waals surface area contributed by atoms with Gasteiger partial charge in [0.2, 0.25) is 0 Å². The van der Waals surface area contributed by atoms with Gasteiger partial charge in [-0.2, -0.15) is 9.78 Å². The molecular weight excluding hydrogens is 409 g/mol. The summed E-state index contributed by atoms with van der Waals surface area (Å²) in [7, 11) is 0. The minimum atomic E-state index is -0.448. The molecule has 0 aliphatic carbocycles. The number of para-hydroxylation sites is 1. The highest BCUT2D eigenvalue weighted by Gasteiger charge is 2.27. The average Bonchev–Trinajstić information content (AvgIpc) is 3.15. The van der Waals surface area contributed by atoms with Crippen LogP contribution >= 0.6 is 0 Å². The van der Waals surface area contributed by atoms with E-state index >= 15 is 0 Å². The van der Waals surface area contributed by atoms with Gasteiger partial charge in [0.1, 0.15) is 11.5 Å². The minimum Gasteiger partial charge on any atom is -0.321 e. The standard InChI is InChI=1S/C24H24FN5O2/c1-16(2)27-10-12-28(13-11-27)24(32)29-15-20-22(19-14-17(25)8-9-21(19)29)26-30(23(20)31)18-6-4-3-5-7-18/h3-9,14-16H,10-13H2,1-2H3. The number of aromatic nitrogens is 3. The van der Waals surface area contributed by atoms with Crippen molar-refractivity contribution in [3.63, 3.8) is 0 Å². The smallest absolute Gasteiger partial charge is 0.321 e. The number of amides is 1. The van der Waals surface area contributed by atoms with Crippen LogP contribution in [-0.4, -0.2) is 62.4 Å². The first-order valence-corrected chi connectivity index (χ1v) is 10.8. The maximum Gasteiger partial charge on any atom is 0.328 e. The molecule has 0 N–H and O–H groups in total. The van der Waals surface area contributed by atoms with Gasteiger partial charge in [-0.05, 0) is 44.2 Å². The first kappa shape index (κ1) is 20.4. The molecule has 0 bridgehead atoms. The van der Waals surface area contributed by atoms with Crippen LogP contribution in [0.2, 0.25) is 0 Å². The fraction of sp³-hybridized carbons (Fsp3) is 0.292. The van der Waals surface area contributed by atoms with Crippen molar-refractivity contribution < 1.29 is 9.18 Å². The van der Waals surface area contributed by atoms with Gasteiger partial charge in [-0.3, -0.25) is 14.3 Å². The predicted octanol–water partition coefficient (Wildman–Crippen LogP) is 3.43. The zero-order chi connectivity index (χ0) is 22.4. The molecule has 2 aromatic carbocycles. The largest absolute Gasteiger partial charge is 0.328 e. The number of carbonyl (C=O) groups is 1. The normalized spacial score (nSPS) is 15.2. The number of halogens is 1. The number of hydrogen-bond acceptors (Lipinski definition) is 4. The lowest BCUT2D eigenvalue weighted by Crippen LogP contribution is -2.51. The number of hydrogen-bond donors (Lipinski definition) is 0. The summed E-state index contributed by atoms with van der Waals surface area (Å²) < 4.78 is 16.9. The molecule has 1 amide bonds. The van der Waals surface area contributed by atoms with Gasteiger partial charge in [0.25, 0.3) is 5.56 Å². The fourth-order valence-corrected chi connectivity index (χ4v) is 4.32. The molecule has 3 aliphatic rings. The molecule has 0 radical (unpaired) electrons. The van der Waals surface area contributed by atoms with Crippen molar-refractivity contribution in [3.8, 4) is 16.9 Å². The second-order valence-electron chi connectivity index (χ2n) is 8.37. The summed E-state index contributed by atoms with van der Waals surface area (Å²) >= 11 is 0. The van der Waals surface area contributed by atoms with Crippen molar-refractivity contribution in [2.24, 2.45) is 0 Å². The van der Waals surface area contributed by atoms with Crippen LogP contribution in [0.1, 0.15) is 13.8 Å². The summed E-state index contributed by atoms with van der Waals surface area (Å²) in [6.45, 7) is 7.05. The van der Waals surface area contributed by atoms with Crippen LogP contribution < -0.4 is 5.56 Å². The number of fused-ring (bicyclic) bond motifs is 3. The lowest BCUT2D eigenvalue weighted by atomic mass is 10.1. The molecule has 0 spiro atoms. The molecular formula is C24H24FN5O2. The van der Waals surface area contributed by atoms with Crippen molar-refractivity contribution in [1.82, 2.24) is 24.1 Å². The summed E-state index contributed by atoms with van der Waals surface area (Å²) in [5.74, 6) is -0.448. The number of nitrogens with zero attached hydrogens (tertiary/aromatic N) is 5. The van der Waals surface area contributed by atoms with Crippen LogP contribution in [0.5, 0.6) is 0 Å². The second kappa shape index (κ2) is 7.87. The molecule has 1 fully saturated rings. The molecule has 2 aromatic rings. The Morgan fingerprint density at radius 2 is 1.75 bits per heavy atom. The number of piperazine rings is 1. The zero-order valence-corrected chi connectivity index (χ0v) is 18.0. The summed E-state index contributed by atoms with van der Waals surface area (Å²) in [5.41, 5.74) is 1.44. The van der Waals surface area contributed by atoms with Crippen molar-refractivity contribution in [2.75, 3.05) is 26.2 Å². The Hall–Kier alpha value is -3.52. The minimum absolute atomic E-state index is 0.223. The SMILES string of the molecule is CC(C)N1CCN(C(=O)n2cc3c(=O)n(-c4ccccc4)nc-3c3cc(F)ccc32)CC1. The van der Waals surface area contributed by atoms with Crippen LogP contribution in [0, 0.1) is 5.82 Å². The van der Waals surface area contributed by atoms with E-state index < -0.39 is 5.82 Å². The summed E-state index contributed by atoms with van der Waals surface area (Å²) in [4.78, 5) is 30.7. The van der Waals surface area contributed by atoms with Crippen LogP contribution in [0.25, 0.3) is 27.8 Å². The molecule has 0 aromatic heterocycles. The number of benzene rings is 2. The quantitative estimate of drug-likeness (QED) is 0.486. The second-order valence-corrected chi connectivity index (χ2v) is 8.37. The van der Waals surface area contributed by atoms with E-state index in [9.17, 15) is 14.0 Å². The Morgan fingerprint density at radius 1 is 1.03 bits per heavy atom. The summed E-state index contributed by atoms with van der Waals surface area (Å²) in [6, 6.07) is 13.5. The third-order valence-electron chi connectivity index (χ3n) is 6.13. The molecule has 3 heterocycles. The Bertz CT molecular complexity index is 1320. The Labute approximate surface area is 184 Å². The van der Waals surface area contributed by atoms with Crippen molar-refractivity contribution in [1.29, 1.82) is 0 Å². The van der Waals surface area contributed by atoms with Gasteiger partial charge in [-0.25, -0.2) is 9.18 Å². The van der Waals surface area contributed by atoms with E-state index in [0.717, 1.165) is 13.1 Å². The van der Waals surface area contributed by atoms with Gasteiger partial charge in [-0.1, -0.05) is 18.2 Å². The van der Waals surface area contributed by atoms with E-state index in [1.165, 1.54) is 21.4 Å². The predicted molar refractivity (Wildman–Crippen MR) is 121 cm³/mol. The number of pyridine rings is 1. The Kier molecular flexibility index (Phi) is 5.01. The van der Waals surface area contributed by atoms with Crippen LogP contribution in [0.4, 0.5) is 9.18 Å².